The summed E-state index contributed by atoms with van der Waals surface area (Å²) in [6, 6.07) is 15.8. The van der Waals surface area contributed by atoms with Crippen molar-refractivity contribution in [3.05, 3.63) is 83.3 Å². The number of hydrogen-bond donors (Lipinski definition) is 2. The van der Waals surface area contributed by atoms with E-state index >= 15 is 0 Å². The SMILES string of the molecule is O=C(NCc1c(-c2ccc(O)nc2)nc2ccc(Cl)cn12)c1ccccc1. The molecule has 0 atom stereocenters. The van der Waals surface area contributed by atoms with E-state index in [1.807, 2.05) is 28.7 Å². The van der Waals surface area contributed by atoms with Crippen molar-refractivity contribution in [3.8, 4) is 17.1 Å². The molecule has 0 aliphatic rings. The molecule has 6 nitrogen and oxygen atoms in total. The van der Waals surface area contributed by atoms with Crippen molar-refractivity contribution in [2.75, 3.05) is 0 Å². The molecule has 0 saturated heterocycles. The molecule has 4 aromatic rings. The Morgan fingerprint density at radius 3 is 2.67 bits per heavy atom. The highest BCUT2D eigenvalue weighted by molar-refractivity contribution is 6.30. The number of imidazole rings is 1. The Bertz CT molecular complexity index is 1110. The van der Waals surface area contributed by atoms with Gasteiger partial charge in [-0.2, -0.15) is 0 Å². The second-order valence-electron chi connectivity index (χ2n) is 5.94. The summed E-state index contributed by atoms with van der Waals surface area (Å²) >= 11 is 6.14. The maximum Gasteiger partial charge on any atom is 0.251 e. The van der Waals surface area contributed by atoms with Crippen LogP contribution in [0.1, 0.15) is 16.1 Å². The van der Waals surface area contributed by atoms with Crippen LogP contribution in [0.5, 0.6) is 5.88 Å². The third-order valence-electron chi connectivity index (χ3n) is 4.16. The third-order valence-corrected chi connectivity index (χ3v) is 4.38. The average molecular weight is 379 g/mol. The highest BCUT2D eigenvalue weighted by atomic mass is 35.5. The number of nitrogens with one attached hydrogen (secondary N) is 1. The van der Waals surface area contributed by atoms with Gasteiger partial charge < -0.3 is 14.8 Å². The van der Waals surface area contributed by atoms with Gasteiger partial charge in [-0.3, -0.25) is 4.79 Å². The van der Waals surface area contributed by atoms with E-state index in [4.69, 9.17) is 11.6 Å². The summed E-state index contributed by atoms with van der Waals surface area (Å²) in [6.07, 6.45) is 3.30. The van der Waals surface area contributed by atoms with E-state index in [-0.39, 0.29) is 18.3 Å². The molecule has 0 fully saturated rings. The zero-order valence-electron chi connectivity index (χ0n) is 14.1. The van der Waals surface area contributed by atoms with Crippen molar-refractivity contribution in [3.63, 3.8) is 0 Å². The van der Waals surface area contributed by atoms with Gasteiger partial charge in [0.2, 0.25) is 5.88 Å². The summed E-state index contributed by atoms with van der Waals surface area (Å²) in [5.74, 6) is -0.244. The zero-order valence-corrected chi connectivity index (χ0v) is 14.9. The molecule has 0 unspecified atom stereocenters. The second-order valence-corrected chi connectivity index (χ2v) is 6.37. The highest BCUT2D eigenvalue weighted by Gasteiger charge is 2.16. The molecule has 3 heterocycles. The van der Waals surface area contributed by atoms with E-state index in [0.29, 0.717) is 21.9 Å². The monoisotopic (exact) mass is 378 g/mol. The van der Waals surface area contributed by atoms with E-state index < -0.39 is 0 Å². The van der Waals surface area contributed by atoms with Gasteiger partial charge in [0, 0.05) is 29.6 Å². The van der Waals surface area contributed by atoms with E-state index in [0.717, 1.165) is 11.3 Å². The maximum absolute atomic E-state index is 12.4. The molecule has 0 bridgehead atoms. The topological polar surface area (TPSA) is 79.5 Å². The van der Waals surface area contributed by atoms with Crippen LogP contribution in [0, 0.1) is 0 Å². The minimum absolute atomic E-state index is 0.0653. The molecule has 1 amide bonds. The van der Waals surface area contributed by atoms with E-state index in [1.165, 1.54) is 6.07 Å². The predicted octanol–water partition coefficient (Wildman–Crippen LogP) is 3.69. The molecule has 4 rings (SSSR count). The lowest BCUT2D eigenvalue weighted by Crippen LogP contribution is -2.23. The predicted molar refractivity (Wildman–Crippen MR) is 103 cm³/mol. The quantitative estimate of drug-likeness (QED) is 0.567. The van der Waals surface area contributed by atoms with E-state index in [9.17, 15) is 9.90 Å². The van der Waals surface area contributed by atoms with Crippen LogP contribution in [-0.2, 0) is 6.54 Å². The lowest BCUT2D eigenvalue weighted by Gasteiger charge is -2.08. The van der Waals surface area contributed by atoms with Gasteiger partial charge in [0.1, 0.15) is 5.65 Å². The van der Waals surface area contributed by atoms with Crippen LogP contribution in [0.3, 0.4) is 0 Å². The fraction of sp³-hybridized carbons (Fsp3) is 0.0500. The normalized spacial score (nSPS) is 10.9. The Hall–Kier alpha value is -3.38. The summed E-state index contributed by atoms with van der Waals surface area (Å²) in [5.41, 5.74) is 3.45. The smallest absolute Gasteiger partial charge is 0.251 e. The van der Waals surface area contributed by atoms with Gasteiger partial charge in [-0.25, -0.2) is 9.97 Å². The van der Waals surface area contributed by atoms with Gasteiger partial charge in [0.25, 0.3) is 5.91 Å². The second kappa shape index (κ2) is 7.09. The summed E-state index contributed by atoms with van der Waals surface area (Å²) in [7, 11) is 0. The van der Waals surface area contributed by atoms with E-state index in [2.05, 4.69) is 15.3 Å². The standard InChI is InChI=1S/C20H15ClN4O2/c21-15-7-8-17-24-19(14-6-9-18(26)22-10-14)16(25(17)12-15)11-23-20(27)13-4-2-1-3-5-13/h1-10,12H,11H2,(H,22,26)(H,23,27). The van der Waals surface area contributed by atoms with Crippen LogP contribution in [0.15, 0.2) is 67.0 Å². The van der Waals surface area contributed by atoms with Crippen molar-refractivity contribution in [2.45, 2.75) is 6.54 Å². The van der Waals surface area contributed by atoms with E-state index in [1.54, 1.807) is 36.7 Å². The molecule has 134 valence electrons. The lowest BCUT2D eigenvalue weighted by atomic mass is 10.1. The number of rotatable bonds is 4. The van der Waals surface area contributed by atoms with Gasteiger partial charge in [0.05, 0.1) is 23.0 Å². The molecule has 3 aromatic heterocycles. The molecule has 0 spiro atoms. The molecule has 0 saturated carbocycles. The number of carbonyl (C=O) groups is 1. The molecule has 0 radical (unpaired) electrons. The molecule has 2 N–H and O–H groups in total. The first-order valence-electron chi connectivity index (χ1n) is 8.27. The zero-order chi connectivity index (χ0) is 18.8. The Kier molecular flexibility index (Phi) is 4.48. The largest absolute Gasteiger partial charge is 0.493 e. The Balaban J connectivity index is 1.73. The number of amides is 1. The van der Waals surface area contributed by atoms with Crippen LogP contribution in [-0.4, -0.2) is 25.4 Å². The summed E-state index contributed by atoms with van der Waals surface area (Å²) < 4.78 is 1.84. The van der Waals surface area contributed by atoms with Crippen molar-refractivity contribution in [1.29, 1.82) is 0 Å². The van der Waals surface area contributed by atoms with Crippen LogP contribution >= 0.6 is 11.6 Å². The van der Waals surface area contributed by atoms with Crippen LogP contribution < -0.4 is 5.32 Å². The van der Waals surface area contributed by atoms with Crippen molar-refractivity contribution < 1.29 is 9.90 Å². The minimum atomic E-state index is -0.178. The van der Waals surface area contributed by atoms with Crippen LogP contribution in [0.25, 0.3) is 16.9 Å². The number of pyridine rings is 2. The molecule has 27 heavy (non-hydrogen) atoms. The van der Waals surface area contributed by atoms with Gasteiger partial charge in [-0.05, 0) is 30.3 Å². The van der Waals surface area contributed by atoms with Crippen LogP contribution in [0.4, 0.5) is 0 Å². The van der Waals surface area contributed by atoms with Gasteiger partial charge in [0.15, 0.2) is 0 Å². The number of aromatic hydroxyl groups is 1. The molecule has 1 aromatic carbocycles. The number of fused-ring (bicyclic) bond motifs is 1. The molecule has 0 aliphatic heterocycles. The first-order chi connectivity index (χ1) is 13.1. The summed E-state index contributed by atoms with van der Waals surface area (Å²) in [5, 5.41) is 12.9. The summed E-state index contributed by atoms with van der Waals surface area (Å²) in [6.45, 7) is 0.255. The van der Waals surface area contributed by atoms with Gasteiger partial charge >= 0.3 is 0 Å². The number of halogens is 1. The molecule has 7 heteroatoms. The highest BCUT2D eigenvalue weighted by Crippen LogP contribution is 2.26. The lowest BCUT2D eigenvalue weighted by molar-refractivity contribution is 0.0950. The first kappa shape index (κ1) is 17.1. The average Bonchev–Trinajstić information content (AvgIpc) is 3.05. The van der Waals surface area contributed by atoms with Gasteiger partial charge in [-0.1, -0.05) is 29.8 Å². The number of benzene rings is 1. The molecular formula is C20H15ClN4O2. The van der Waals surface area contributed by atoms with Gasteiger partial charge in [-0.15, -0.1) is 0 Å². The maximum atomic E-state index is 12.4. The number of hydrogen-bond acceptors (Lipinski definition) is 4. The van der Waals surface area contributed by atoms with Crippen molar-refractivity contribution >= 4 is 23.2 Å². The molecular weight excluding hydrogens is 364 g/mol. The minimum Gasteiger partial charge on any atom is -0.493 e. The molecule has 0 aliphatic carbocycles. The Labute approximate surface area is 160 Å². The van der Waals surface area contributed by atoms with Crippen LogP contribution in [0.2, 0.25) is 5.02 Å². The number of aromatic nitrogens is 3. The van der Waals surface area contributed by atoms with Crippen molar-refractivity contribution in [2.24, 2.45) is 0 Å². The number of carbonyl (C=O) groups excluding carboxylic acids is 1. The Morgan fingerprint density at radius 1 is 1.11 bits per heavy atom. The summed E-state index contributed by atoms with van der Waals surface area (Å²) in [4.78, 5) is 21.0. The fourth-order valence-electron chi connectivity index (χ4n) is 2.85. The fourth-order valence-corrected chi connectivity index (χ4v) is 3.01. The van der Waals surface area contributed by atoms with Crippen molar-refractivity contribution in [1.82, 2.24) is 19.7 Å². The first-order valence-corrected chi connectivity index (χ1v) is 8.65. The third kappa shape index (κ3) is 3.47. The number of nitrogens with zero attached hydrogens (tertiary/aromatic N) is 3. The Morgan fingerprint density at radius 2 is 1.93 bits per heavy atom.